The molecule has 1 aliphatic rings. The third-order valence-electron chi connectivity index (χ3n) is 3.86. The lowest BCUT2D eigenvalue weighted by atomic mass is 10.0. The van der Waals surface area contributed by atoms with E-state index < -0.39 is 0 Å². The van der Waals surface area contributed by atoms with E-state index in [2.05, 4.69) is 63.3 Å². The number of halogens is 1. The molecule has 0 radical (unpaired) electrons. The van der Waals surface area contributed by atoms with Crippen LogP contribution in [-0.4, -0.2) is 23.3 Å². The minimum atomic E-state index is 0.833. The lowest BCUT2D eigenvalue weighted by Gasteiger charge is -2.17. The van der Waals surface area contributed by atoms with Gasteiger partial charge in [0, 0.05) is 18.4 Å². The predicted molar refractivity (Wildman–Crippen MR) is 81.1 cm³/mol. The van der Waals surface area contributed by atoms with E-state index >= 15 is 0 Å². The molecule has 0 N–H and O–H groups in total. The van der Waals surface area contributed by atoms with Crippen molar-refractivity contribution < 1.29 is 0 Å². The number of benzene rings is 2. The molecule has 1 unspecified atom stereocenters. The zero-order valence-electron chi connectivity index (χ0n) is 10.5. The van der Waals surface area contributed by atoms with E-state index in [-0.39, 0.29) is 0 Å². The minimum absolute atomic E-state index is 0.833. The van der Waals surface area contributed by atoms with Gasteiger partial charge in [0.1, 0.15) is 0 Å². The highest BCUT2D eigenvalue weighted by Gasteiger charge is 2.21. The third kappa shape index (κ3) is 2.45. The number of nitrogens with zero attached hydrogens (tertiary/aromatic N) is 1. The maximum atomic E-state index is 3.60. The molecule has 0 aliphatic carbocycles. The number of hydrogen-bond acceptors (Lipinski definition) is 1. The van der Waals surface area contributed by atoms with Crippen LogP contribution in [0.2, 0.25) is 0 Å². The Kier molecular flexibility index (Phi) is 3.67. The molecule has 0 amide bonds. The van der Waals surface area contributed by atoms with Gasteiger partial charge in [-0.05, 0) is 35.2 Å². The Morgan fingerprint density at radius 2 is 1.94 bits per heavy atom. The Hall–Kier alpha value is -0.860. The second-order valence-corrected chi connectivity index (χ2v) is 5.83. The largest absolute Gasteiger partial charge is 0.299 e. The average Bonchev–Trinajstić information content (AvgIpc) is 2.87. The van der Waals surface area contributed by atoms with Crippen LogP contribution in [0.3, 0.4) is 0 Å². The molecule has 1 heterocycles. The van der Waals surface area contributed by atoms with Gasteiger partial charge in [-0.25, -0.2) is 0 Å². The Morgan fingerprint density at radius 1 is 1.11 bits per heavy atom. The van der Waals surface area contributed by atoms with Gasteiger partial charge in [-0.2, -0.15) is 0 Å². The van der Waals surface area contributed by atoms with E-state index in [1.807, 2.05) is 0 Å². The van der Waals surface area contributed by atoms with Crippen LogP contribution in [0.1, 0.15) is 12.0 Å². The second kappa shape index (κ2) is 5.41. The highest BCUT2D eigenvalue weighted by atomic mass is 79.9. The van der Waals surface area contributed by atoms with Crippen LogP contribution in [0.15, 0.2) is 42.5 Å². The Morgan fingerprint density at radius 3 is 2.78 bits per heavy atom. The summed E-state index contributed by atoms with van der Waals surface area (Å²) >= 11 is 3.60. The minimum Gasteiger partial charge on any atom is -0.299 e. The molecule has 2 heteroatoms. The van der Waals surface area contributed by atoms with Crippen molar-refractivity contribution in [3.8, 4) is 0 Å². The van der Waals surface area contributed by atoms with Crippen molar-refractivity contribution >= 4 is 26.7 Å². The highest BCUT2D eigenvalue weighted by Crippen LogP contribution is 2.24. The molecule has 0 bridgehead atoms. The Labute approximate surface area is 117 Å². The molecule has 1 aliphatic heterocycles. The van der Waals surface area contributed by atoms with Crippen molar-refractivity contribution in [3.05, 3.63) is 48.0 Å². The zero-order chi connectivity index (χ0) is 12.4. The van der Waals surface area contributed by atoms with Crippen LogP contribution in [0.5, 0.6) is 0 Å². The maximum Gasteiger partial charge on any atom is 0.0240 e. The molecule has 0 saturated carbocycles. The molecular formula is C16H18BrN. The van der Waals surface area contributed by atoms with Crippen molar-refractivity contribution in [1.82, 2.24) is 4.90 Å². The number of hydrogen-bond donors (Lipinski definition) is 0. The van der Waals surface area contributed by atoms with Gasteiger partial charge in [0.15, 0.2) is 0 Å². The fourth-order valence-corrected chi connectivity index (χ4v) is 3.38. The van der Waals surface area contributed by atoms with Crippen molar-refractivity contribution in [1.29, 1.82) is 0 Å². The van der Waals surface area contributed by atoms with E-state index in [1.165, 1.54) is 35.8 Å². The van der Waals surface area contributed by atoms with Crippen LogP contribution in [0.4, 0.5) is 0 Å². The van der Waals surface area contributed by atoms with Gasteiger partial charge in [0.2, 0.25) is 0 Å². The molecule has 3 rings (SSSR count). The molecule has 1 nitrogen and oxygen atoms in total. The normalized spacial score (nSPS) is 20.6. The molecule has 1 saturated heterocycles. The molecular weight excluding hydrogens is 286 g/mol. The summed E-state index contributed by atoms with van der Waals surface area (Å²) in [6.07, 6.45) is 1.33. The molecule has 1 fully saturated rings. The van der Waals surface area contributed by atoms with Crippen LogP contribution in [0, 0.1) is 5.92 Å². The molecule has 0 spiro atoms. The van der Waals surface area contributed by atoms with Gasteiger partial charge in [0.05, 0.1) is 0 Å². The lowest BCUT2D eigenvalue weighted by molar-refractivity contribution is 0.322. The van der Waals surface area contributed by atoms with Gasteiger partial charge in [-0.3, -0.25) is 4.90 Å². The fraction of sp³-hybridized carbons (Fsp3) is 0.375. The van der Waals surface area contributed by atoms with Crippen LogP contribution < -0.4 is 0 Å². The van der Waals surface area contributed by atoms with E-state index in [1.54, 1.807) is 0 Å². The maximum absolute atomic E-state index is 3.60. The van der Waals surface area contributed by atoms with Crippen molar-refractivity contribution in [2.24, 2.45) is 5.92 Å². The average molecular weight is 304 g/mol. The summed E-state index contributed by atoms with van der Waals surface area (Å²) < 4.78 is 0. The molecule has 1 atom stereocenters. The molecule has 2 aromatic rings. The van der Waals surface area contributed by atoms with E-state index in [0.717, 1.165) is 17.8 Å². The summed E-state index contributed by atoms with van der Waals surface area (Å²) in [5.74, 6) is 0.833. The summed E-state index contributed by atoms with van der Waals surface area (Å²) in [4.78, 5) is 2.58. The zero-order valence-corrected chi connectivity index (χ0v) is 12.1. The summed E-state index contributed by atoms with van der Waals surface area (Å²) in [6.45, 7) is 3.55. The Balaban J connectivity index is 1.83. The quantitative estimate of drug-likeness (QED) is 0.773. The highest BCUT2D eigenvalue weighted by molar-refractivity contribution is 9.09. The van der Waals surface area contributed by atoms with E-state index in [0.29, 0.717) is 0 Å². The van der Waals surface area contributed by atoms with Crippen LogP contribution in [0.25, 0.3) is 10.8 Å². The first-order valence-corrected chi connectivity index (χ1v) is 7.74. The first kappa shape index (κ1) is 12.2. The first-order chi connectivity index (χ1) is 8.86. The first-order valence-electron chi connectivity index (χ1n) is 6.62. The van der Waals surface area contributed by atoms with Gasteiger partial charge >= 0.3 is 0 Å². The van der Waals surface area contributed by atoms with Gasteiger partial charge in [-0.15, -0.1) is 0 Å². The third-order valence-corrected chi connectivity index (χ3v) is 4.78. The summed E-state index contributed by atoms with van der Waals surface area (Å²) in [6, 6.07) is 15.3. The van der Waals surface area contributed by atoms with E-state index in [9.17, 15) is 0 Å². The summed E-state index contributed by atoms with van der Waals surface area (Å²) in [7, 11) is 0. The van der Waals surface area contributed by atoms with Crippen molar-refractivity contribution in [3.63, 3.8) is 0 Å². The summed E-state index contributed by atoms with van der Waals surface area (Å²) in [5.41, 5.74) is 1.46. The van der Waals surface area contributed by atoms with Gasteiger partial charge in [-0.1, -0.05) is 58.4 Å². The van der Waals surface area contributed by atoms with Crippen molar-refractivity contribution in [2.45, 2.75) is 13.0 Å². The lowest BCUT2D eigenvalue weighted by Crippen LogP contribution is -2.20. The van der Waals surface area contributed by atoms with Gasteiger partial charge < -0.3 is 0 Å². The monoisotopic (exact) mass is 303 g/mol. The standard InChI is InChI=1S/C16H18BrN/c17-10-13-8-9-18(11-13)12-15-6-3-5-14-4-1-2-7-16(14)15/h1-7,13H,8-12H2. The second-order valence-electron chi connectivity index (χ2n) is 5.18. The van der Waals surface area contributed by atoms with Crippen molar-refractivity contribution in [2.75, 3.05) is 18.4 Å². The topological polar surface area (TPSA) is 3.24 Å². The SMILES string of the molecule is BrCC1CCN(Cc2cccc3ccccc23)C1. The smallest absolute Gasteiger partial charge is 0.0240 e. The molecule has 94 valence electrons. The fourth-order valence-electron chi connectivity index (χ4n) is 2.85. The van der Waals surface area contributed by atoms with E-state index in [4.69, 9.17) is 0 Å². The van der Waals surface area contributed by atoms with Crippen LogP contribution in [-0.2, 0) is 6.54 Å². The molecule has 0 aromatic heterocycles. The van der Waals surface area contributed by atoms with Gasteiger partial charge in [0.25, 0.3) is 0 Å². The number of rotatable bonds is 3. The van der Waals surface area contributed by atoms with Crippen LogP contribution >= 0.6 is 15.9 Å². The predicted octanol–water partition coefficient (Wildman–Crippen LogP) is 4.06. The number of likely N-dealkylation sites (tertiary alicyclic amines) is 1. The molecule has 2 aromatic carbocycles. The summed E-state index contributed by atoms with van der Waals surface area (Å²) in [5, 5.41) is 3.90. The Bertz CT molecular complexity index is 532. The number of fused-ring (bicyclic) bond motifs is 1. The molecule has 18 heavy (non-hydrogen) atoms. The number of alkyl halides is 1.